The fourth-order valence-corrected chi connectivity index (χ4v) is 3.93. The van der Waals surface area contributed by atoms with Gasteiger partial charge in [0.05, 0.1) is 10.5 Å². The molecule has 2 aromatic heterocycles. The second kappa shape index (κ2) is 5.22. The molecule has 0 saturated heterocycles. The summed E-state index contributed by atoms with van der Waals surface area (Å²) in [7, 11) is 0. The summed E-state index contributed by atoms with van der Waals surface area (Å²) in [5.74, 6) is 0. The van der Waals surface area contributed by atoms with Crippen LogP contribution in [0.2, 0.25) is 10.0 Å². The van der Waals surface area contributed by atoms with Gasteiger partial charge < -0.3 is 9.55 Å². The van der Waals surface area contributed by atoms with E-state index in [0.29, 0.717) is 5.02 Å². The molecule has 0 atom stereocenters. The minimum Gasteiger partial charge on any atom is -0.361 e. The lowest BCUT2D eigenvalue weighted by Crippen LogP contribution is -1.97. The van der Waals surface area contributed by atoms with Crippen LogP contribution >= 0.6 is 23.2 Å². The summed E-state index contributed by atoms with van der Waals surface area (Å²) < 4.78 is 2.33. The Hall–Kier alpha value is -1.64. The predicted molar refractivity (Wildman–Crippen MR) is 96.2 cm³/mol. The number of hydrogen-bond acceptors (Lipinski definition) is 0. The van der Waals surface area contributed by atoms with Crippen molar-refractivity contribution in [3.63, 3.8) is 0 Å². The van der Waals surface area contributed by atoms with Gasteiger partial charge in [0.15, 0.2) is 0 Å². The summed E-state index contributed by atoms with van der Waals surface area (Å²) >= 11 is 12.8. The number of fused-ring (bicyclic) bond motifs is 5. The lowest BCUT2D eigenvalue weighted by atomic mass is 10.1. The Bertz CT molecular complexity index is 995. The van der Waals surface area contributed by atoms with Gasteiger partial charge >= 0.3 is 0 Å². The number of hydrogen-bond donors (Lipinski definition) is 1. The van der Waals surface area contributed by atoms with Crippen LogP contribution in [0.15, 0.2) is 36.5 Å². The van der Waals surface area contributed by atoms with Crippen molar-refractivity contribution in [2.75, 3.05) is 0 Å². The monoisotopic (exact) mass is 330 g/mol. The first kappa shape index (κ1) is 14.0. The Morgan fingerprint density at radius 1 is 1.09 bits per heavy atom. The van der Waals surface area contributed by atoms with Gasteiger partial charge in [0.1, 0.15) is 0 Å². The normalized spacial score (nSPS) is 12.0. The standard InChI is InChI=1S/C18H16Cl2N2/c1-2-3-8-22-16-5-4-15-12(6-7-21-15)17(16)13-9-11(19)10-14(20)18(13)22/h4-7,9-10,21H,2-3,8H2,1H3. The van der Waals surface area contributed by atoms with E-state index in [9.17, 15) is 0 Å². The minimum atomic E-state index is 0.680. The van der Waals surface area contributed by atoms with Crippen LogP contribution in [0.5, 0.6) is 0 Å². The topological polar surface area (TPSA) is 20.7 Å². The highest BCUT2D eigenvalue weighted by molar-refractivity contribution is 6.40. The maximum absolute atomic E-state index is 6.53. The second-order valence-electron chi connectivity index (χ2n) is 5.69. The molecular formula is C18H16Cl2N2. The zero-order chi connectivity index (χ0) is 15.3. The van der Waals surface area contributed by atoms with E-state index in [-0.39, 0.29) is 0 Å². The summed E-state index contributed by atoms with van der Waals surface area (Å²) in [6, 6.07) is 10.3. The number of aromatic amines is 1. The number of rotatable bonds is 3. The van der Waals surface area contributed by atoms with Crippen molar-refractivity contribution in [1.29, 1.82) is 0 Å². The molecule has 112 valence electrons. The molecular weight excluding hydrogens is 315 g/mol. The summed E-state index contributed by atoms with van der Waals surface area (Å²) in [6.45, 7) is 3.17. The number of nitrogens with zero attached hydrogens (tertiary/aromatic N) is 1. The highest BCUT2D eigenvalue weighted by atomic mass is 35.5. The third-order valence-corrected chi connectivity index (χ3v) is 4.81. The molecule has 4 heteroatoms. The number of unbranched alkanes of at least 4 members (excludes halogenated alkanes) is 1. The smallest absolute Gasteiger partial charge is 0.0682 e. The van der Waals surface area contributed by atoms with E-state index in [1.54, 1.807) is 0 Å². The molecule has 0 fully saturated rings. The van der Waals surface area contributed by atoms with E-state index in [4.69, 9.17) is 23.2 Å². The molecule has 0 aliphatic rings. The van der Waals surface area contributed by atoms with Crippen molar-refractivity contribution in [2.24, 2.45) is 0 Å². The van der Waals surface area contributed by atoms with Crippen molar-refractivity contribution >= 4 is 55.9 Å². The number of nitrogens with one attached hydrogen (secondary N) is 1. The first-order valence-electron chi connectivity index (χ1n) is 7.57. The van der Waals surface area contributed by atoms with Crippen molar-refractivity contribution in [2.45, 2.75) is 26.3 Å². The van der Waals surface area contributed by atoms with Gasteiger partial charge in [0.25, 0.3) is 0 Å². The van der Waals surface area contributed by atoms with Crippen LogP contribution in [0, 0.1) is 0 Å². The number of aromatic nitrogens is 2. The van der Waals surface area contributed by atoms with Crippen molar-refractivity contribution in [1.82, 2.24) is 9.55 Å². The van der Waals surface area contributed by atoms with Crippen LogP contribution in [-0.4, -0.2) is 9.55 Å². The van der Waals surface area contributed by atoms with Crippen LogP contribution in [0.4, 0.5) is 0 Å². The van der Waals surface area contributed by atoms with Crippen molar-refractivity contribution in [3.8, 4) is 0 Å². The molecule has 0 saturated carbocycles. The van der Waals surface area contributed by atoms with Gasteiger partial charge in [-0.25, -0.2) is 0 Å². The van der Waals surface area contributed by atoms with Gasteiger partial charge in [0, 0.05) is 45.0 Å². The molecule has 2 aromatic carbocycles. The molecule has 4 aromatic rings. The van der Waals surface area contributed by atoms with Gasteiger partial charge in [-0.3, -0.25) is 0 Å². The summed E-state index contributed by atoms with van der Waals surface area (Å²) in [6.07, 6.45) is 4.26. The largest absolute Gasteiger partial charge is 0.361 e. The molecule has 0 amide bonds. The van der Waals surface area contributed by atoms with E-state index in [1.807, 2.05) is 18.3 Å². The van der Waals surface area contributed by atoms with Gasteiger partial charge in [-0.1, -0.05) is 36.5 Å². The first-order valence-corrected chi connectivity index (χ1v) is 8.33. The van der Waals surface area contributed by atoms with E-state index < -0.39 is 0 Å². The summed E-state index contributed by atoms with van der Waals surface area (Å²) in [5, 5.41) is 4.98. The van der Waals surface area contributed by atoms with Crippen LogP contribution in [0.25, 0.3) is 32.7 Å². The van der Waals surface area contributed by atoms with Crippen molar-refractivity contribution in [3.05, 3.63) is 46.6 Å². The molecule has 22 heavy (non-hydrogen) atoms. The highest BCUT2D eigenvalue weighted by Crippen LogP contribution is 2.39. The zero-order valence-corrected chi connectivity index (χ0v) is 13.8. The highest BCUT2D eigenvalue weighted by Gasteiger charge is 2.16. The quantitative estimate of drug-likeness (QED) is 0.449. The average molecular weight is 331 g/mol. The van der Waals surface area contributed by atoms with Gasteiger partial charge in [-0.15, -0.1) is 0 Å². The van der Waals surface area contributed by atoms with E-state index in [2.05, 4.69) is 34.7 Å². The number of benzene rings is 2. The molecule has 0 aliphatic heterocycles. The molecule has 0 bridgehead atoms. The van der Waals surface area contributed by atoms with Crippen LogP contribution in [0.1, 0.15) is 19.8 Å². The van der Waals surface area contributed by atoms with Crippen molar-refractivity contribution < 1.29 is 0 Å². The molecule has 0 spiro atoms. The number of aryl methyl sites for hydroxylation is 1. The molecule has 1 N–H and O–H groups in total. The molecule has 4 rings (SSSR count). The third-order valence-electron chi connectivity index (χ3n) is 4.31. The molecule has 0 unspecified atom stereocenters. The third kappa shape index (κ3) is 1.94. The average Bonchev–Trinajstić information content (AvgIpc) is 3.07. The van der Waals surface area contributed by atoms with E-state index in [0.717, 1.165) is 40.8 Å². The Labute approximate surface area is 138 Å². The number of halogens is 2. The zero-order valence-electron chi connectivity index (χ0n) is 12.3. The lowest BCUT2D eigenvalue weighted by molar-refractivity contribution is 0.665. The Morgan fingerprint density at radius 2 is 1.95 bits per heavy atom. The van der Waals surface area contributed by atoms with Gasteiger partial charge in [-0.2, -0.15) is 0 Å². The van der Waals surface area contributed by atoms with Crippen LogP contribution < -0.4 is 0 Å². The predicted octanol–water partition coefficient (Wildman–Crippen LogP) is 6.38. The first-order chi connectivity index (χ1) is 10.7. The Kier molecular flexibility index (Phi) is 3.32. The maximum Gasteiger partial charge on any atom is 0.0682 e. The molecule has 2 nitrogen and oxygen atoms in total. The van der Waals surface area contributed by atoms with Crippen LogP contribution in [0.3, 0.4) is 0 Å². The van der Waals surface area contributed by atoms with E-state index in [1.165, 1.54) is 16.3 Å². The van der Waals surface area contributed by atoms with Crippen LogP contribution in [-0.2, 0) is 6.54 Å². The van der Waals surface area contributed by atoms with E-state index >= 15 is 0 Å². The molecule has 0 aliphatic carbocycles. The Balaban J connectivity index is 2.22. The fraction of sp³-hybridized carbons (Fsp3) is 0.222. The summed E-state index contributed by atoms with van der Waals surface area (Å²) in [4.78, 5) is 3.28. The minimum absolute atomic E-state index is 0.680. The summed E-state index contributed by atoms with van der Waals surface area (Å²) in [5.41, 5.74) is 3.45. The SMILES string of the molecule is CCCCn1c2ccc3[nH]ccc3c2c2cc(Cl)cc(Cl)c21. The Morgan fingerprint density at radius 3 is 2.77 bits per heavy atom. The lowest BCUT2D eigenvalue weighted by Gasteiger charge is -2.07. The van der Waals surface area contributed by atoms with Gasteiger partial charge in [0.2, 0.25) is 0 Å². The number of H-pyrrole nitrogens is 1. The fourth-order valence-electron chi connectivity index (χ4n) is 3.33. The second-order valence-corrected chi connectivity index (χ2v) is 6.53. The maximum atomic E-state index is 6.53. The molecule has 2 heterocycles. The van der Waals surface area contributed by atoms with Gasteiger partial charge in [-0.05, 0) is 36.8 Å². The molecule has 0 radical (unpaired) electrons.